The van der Waals surface area contributed by atoms with Crippen molar-refractivity contribution in [3.05, 3.63) is 44.8 Å². The molecule has 1 aromatic carbocycles. The first-order chi connectivity index (χ1) is 9.54. The molecule has 3 rings (SSSR count). The second kappa shape index (κ2) is 4.70. The van der Waals surface area contributed by atoms with Gasteiger partial charge in [0.25, 0.3) is 5.56 Å². The largest absolute Gasteiger partial charge is 0.393 e. The third-order valence-electron chi connectivity index (χ3n) is 3.88. The average molecular weight is 292 g/mol. The summed E-state index contributed by atoms with van der Waals surface area (Å²) in [4.78, 5) is 12.5. The molecule has 0 atom stereocenters. The smallest absolute Gasteiger partial charge is 0.294 e. The fraction of sp³-hybridized carbons (Fsp3) is 0.400. The van der Waals surface area contributed by atoms with Crippen molar-refractivity contribution in [2.24, 2.45) is 0 Å². The molecule has 2 aromatic rings. The fourth-order valence-electron chi connectivity index (χ4n) is 2.65. The molecule has 0 unspecified atom stereocenters. The zero-order chi connectivity index (χ0) is 14.4. The van der Waals surface area contributed by atoms with Crippen LogP contribution in [0, 0.1) is 6.92 Å². The second-order valence-electron chi connectivity index (χ2n) is 5.34. The zero-order valence-electron chi connectivity index (χ0n) is 11.7. The molecule has 0 amide bonds. The summed E-state index contributed by atoms with van der Waals surface area (Å²) in [6.45, 7) is 4.68. The summed E-state index contributed by atoms with van der Waals surface area (Å²) in [7, 11) is 0. The summed E-state index contributed by atoms with van der Waals surface area (Å²) in [5.74, 6) is 0.435. The van der Waals surface area contributed by atoms with E-state index < -0.39 is 0 Å². The molecule has 2 N–H and O–H groups in total. The predicted molar refractivity (Wildman–Crippen MR) is 81.8 cm³/mol. The quantitative estimate of drug-likeness (QED) is 0.945. The summed E-state index contributed by atoms with van der Waals surface area (Å²) < 4.78 is 3.63. The van der Waals surface area contributed by atoms with Gasteiger partial charge in [0.05, 0.1) is 11.4 Å². The van der Waals surface area contributed by atoms with Gasteiger partial charge in [-0.15, -0.1) is 0 Å². The lowest BCUT2D eigenvalue weighted by atomic mass is 10.2. The van der Waals surface area contributed by atoms with Crippen LogP contribution in [-0.4, -0.2) is 9.36 Å². The maximum atomic E-state index is 12.5. The van der Waals surface area contributed by atoms with Crippen LogP contribution < -0.4 is 11.3 Å². The second-order valence-corrected chi connectivity index (χ2v) is 5.75. The van der Waals surface area contributed by atoms with E-state index in [1.165, 1.54) is 0 Å². The monoisotopic (exact) mass is 291 g/mol. The van der Waals surface area contributed by atoms with Gasteiger partial charge in [-0.1, -0.05) is 17.7 Å². The van der Waals surface area contributed by atoms with Gasteiger partial charge in [-0.3, -0.25) is 9.48 Å². The van der Waals surface area contributed by atoms with Gasteiger partial charge >= 0.3 is 0 Å². The normalized spacial score (nSPS) is 14.8. The third-order valence-corrected chi connectivity index (χ3v) is 4.29. The number of nitrogens with zero attached hydrogens (tertiary/aromatic N) is 2. The Morgan fingerprint density at radius 1 is 1.40 bits per heavy atom. The first-order valence-electron chi connectivity index (χ1n) is 6.92. The van der Waals surface area contributed by atoms with Crippen molar-refractivity contribution in [3.8, 4) is 5.69 Å². The molecule has 0 saturated heterocycles. The van der Waals surface area contributed by atoms with Crippen molar-refractivity contribution in [2.45, 2.75) is 39.2 Å². The third kappa shape index (κ3) is 1.95. The van der Waals surface area contributed by atoms with Crippen LogP contribution >= 0.6 is 11.6 Å². The van der Waals surface area contributed by atoms with Gasteiger partial charge in [0, 0.05) is 17.5 Å². The molecule has 0 aliphatic heterocycles. The van der Waals surface area contributed by atoms with Gasteiger partial charge in [0.15, 0.2) is 0 Å². The average Bonchev–Trinajstić information content (AvgIpc) is 3.22. The highest BCUT2D eigenvalue weighted by atomic mass is 35.5. The molecule has 4 nitrogen and oxygen atoms in total. The number of rotatable bonds is 3. The molecule has 0 bridgehead atoms. The summed E-state index contributed by atoms with van der Waals surface area (Å²) in [6, 6.07) is 5.65. The zero-order valence-corrected chi connectivity index (χ0v) is 12.4. The van der Waals surface area contributed by atoms with E-state index in [0.29, 0.717) is 23.2 Å². The first-order valence-corrected chi connectivity index (χ1v) is 7.30. The fourth-order valence-corrected chi connectivity index (χ4v) is 2.82. The summed E-state index contributed by atoms with van der Waals surface area (Å²) >= 11 is 6.18. The van der Waals surface area contributed by atoms with Crippen LogP contribution in [0.15, 0.2) is 23.0 Å². The van der Waals surface area contributed by atoms with E-state index >= 15 is 0 Å². The number of halogens is 1. The molecule has 0 spiro atoms. The van der Waals surface area contributed by atoms with E-state index in [1.54, 1.807) is 4.68 Å². The van der Waals surface area contributed by atoms with Crippen LogP contribution in [0.2, 0.25) is 5.02 Å². The molecule has 20 heavy (non-hydrogen) atoms. The van der Waals surface area contributed by atoms with Gasteiger partial charge in [-0.25, -0.2) is 4.68 Å². The van der Waals surface area contributed by atoms with E-state index in [2.05, 4.69) is 0 Å². The number of nitrogens with two attached hydrogens (primary N) is 1. The van der Waals surface area contributed by atoms with E-state index in [4.69, 9.17) is 17.3 Å². The topological polar surface area (TPSA) is 52.9 Å². The Kier molecular flexibility index (Phi) is 3.13. The van der Waals surface area contributed by atoms with Crippen molar-refractivity contribution < 1.29 is 0 Å². The molecular weight excluding hydrogens is 274 g/mol. The first kappa shape index (κ1) is 13.3. The highest BCUT2D eigenvalue weighted by Gasteiger charge is 2.32. The number of hydrogen-bond acceptors (Lipinski definition) is 2. The van der Waals surface area contributed by atoms with Crippen molar-refractivity contribution >= 4 is 17.3 Å². The summed E-state index contributed by atoms with van der Waals surface area (Å²) in [5, 5.41) is 0.657. The van der Waals surface area contributed by atoms with Gasteiger partial charge in [0.2, 0.25) is 0 Å². The molecule has 1 fully saturated rings. The van der Waals surface area contributed by atoms with Crippen molar-refractivity contribution in [2.75, 3.05) is 5.73 Å². The van der Waals surface area contributed by atoms with Gasteiger partial charge < -0.3 is 5.73 Å². The Balaban J connectivity index is 2.25. The van der Waals surface area contributed by atoms with E-state index in [-0.39, 0.29) is 5.56 Å². The number of benzene rings is 1. The molecule has 5 heteroatoms. The molecule has 0 radical (unpaired) electrons. The van der Waals surface area contributed by atoms with Gasteiger partial charge in [0.1, 0.15) is 5.69 Å². The van der Waals surface area contributed by atoms with Crippen LogP contribution in [0.5, 0.6) is 0 Å². The minimum atomic E-state index is -0.145. The number of nitrogen functional groups attached to an aromatic ring is 1. The highest BCUT2D eigenvalue weighted by Crippen LogP contribution is 2.42. The lowest BCUT2D eigenvalue weighted by molar-refractivity contribution is 0.549. The number of aromatic nitrogens is 2. The Morgan fingerprint density at radius 2 is 2.10 bits per heavy atom. The van der Waals surface area contributed by atoms with E-state index in [9.17, 15) is 4.79 Å². The lowest BCUT2D eigenvalue weighted by Gasteiger charge is -2.13. The minimum absolute atomic E-state index is 0.145. The number of anilines is 1. The lowest BCUT2D eigenvalue weighted by Crippen LogP contribution is -2.22. The molecule has 1 aliphatic rings. The Hall–Kier alpha value is -1.68. The Labute approximate surface area is 122 Å². The standard InChI is InChI=1S/C15H18ClN3O/c1-3-18-14(10-5-6-10)13(17)15(20)19(18)11-7-4-9(2)12(16)8-11/h4,7-8,10H,3,5-6,17H2,1-2H3. The van der Waals surface area contributed by atoms with Crippen LogP contribution in [0.25, 0.3) is 5.69 Å². The SMILES string of the molecule is CCn1c(C2CC2)c(N)c(=O)n1-c1ccc(C)c(Cl)c1. The summed E-state index contributed by atoms with van der Waals surface area (Å²) in [6.07, 6.45) is 2.23. The molecule has 1 saturated carbocycles. The number of aryl methyl sites for hydroxylation is 1. The number of hydrogen-bond donors (Lipinski definition) is 1. The molecule has 1 aliphatic carbocycles. The Morgan fingerprint density at radius 3 is 2.65 bits per heavy atom. The molecule has 1 heterocycles. The van der Waals surface area contributed by atoms with Crippen LogP contribution in [0.4, 0.5) is 5.69 Å². The molecule has 106 valence electrons. The molecular formula is C15H18ClN3O. The van der Waals surface area contributed by atoms with E-state index in [1.807, 2.05) is 36.7 Å². The van der Waals surface area contributed by atoms with Crippen LogP contribution in [-0.2, 0) is 6.54 Å². The van der Waals surface area contributed by atoms with E-state index in [0.717, 1.165) is 29.8 Å². The van der Waals surface area contributed by atoms with Crippen molar-refractivity contribution in [3.63, 3.8) is 0 Å². The molecule has 1 aromatic heterocycles. The maximum absolute atomic E-state index is 12.5. The van der Waals surface area contributed by atoms with Crippen LogP contribution in [0.1, 0.15) is 36.9 Å². The minimum Gasteiger partial charge on any atom is -0.393 e. The summed E-state index contributed by atoms with van der Waals surface area (Å²) in [5.41, 5.74) is 9.02. The van der Waals surface area contributed by atoms with Gasteiger partial charge in [-0.05, 0) is 44.4 Å². The van der Waals surface area contributed by atoms with Crippen molar-refractivity contribution in [1.29, 1.82) is 0 Å². The van der Waals surface area contributed by atoms with Gasteiger partial charge in [-0.2, -0.15) is 0 Å². The highest BCUT2D eigenvalue weighted by molar-refractivity contribution is 6.31. The van der Waals surface area contributed by atoms with Crippen molar-refractivity contribution in [1.82, 2.24) is 9.36 Å². The van der Waals surface area contributed by atoms with Crippen LogP contribution in [0.3, 0.4) is 0 Å². The maximum Gasteiger partial charge on any atom is 0.294 e. The Bertz CT molecular complexity index is 725. The predicted octanol–water partition coefficient (Wildman–Crippen LogP) is 3.08.